The van der Waals surface area contributed by atoms with Crippen LogP contribution in [0, 0.1) is 12.8 Å². The fourth-order valence-corrected chi connectivity index (χ4v) is 6.55. The van der Waals surface area contributed by atoms with E-state index in [1.165, 1.54) is 22.3 Å². The van der Waals surface area contributed by atoms with Gasteiger partial charge in [0.2, 0.25) is 0 Å². The fourth-order valence-electron chi connectivity index (χ4n) is 6.55. The van der Waals surface area contributed by atoms with Crippen LogP contribution in [0.2, 0.25) is 0 Å². The number of likely N-dealkylation sites (tertiary alicyclic amines) is 1. The number of rotatable bonds is 2. The molecule has 8 heteroatoms. The number of nitrogens with one attached hydrogen (secondary N) is 2. The standard InChI is InChI=1S/C28H31N5O3/c1-16-11-30-27-22(16)9-19(12-31-27)18-6-17-2-4-32(28(35)33-13-20-7-21(33)10-26(20)34)14-24(17)23(8-18)25-15-36-5-3-29-25/h6,8-9,11-12,20-21,25,29H,2-5,7,10,13-15H2,1H3,(H,30,31)/t20-,21-,25+/m1/s1. The van der Waals surface area contributed by atoms with Crippen molar-refractivity contribution in [3.8, 4) is 11.1 Å². The van der Waals surface area contributed by atoms with Gasteiger partial charge in [0.05, 0.1) is 19.3 Å². The number of hydrogen-bond acceptors (Lipinski definition) is 5. The first kappa shape index (κ1) is 22.0. The second-order valence-corrected chi connectivity index (χ2v) is 10.7. The molecule has 0 unspecified atom stereocenters. The van der Waals surface area contributed by atoms with Gasteiger partial charge in [0.15, 0.2) is 0 Å². The molecular formula is C28H31N5O3. The molecule has 8 nitrogen and oxygen atoms in total. The number of aromatic amines is 1. The molecule has 0 radical (unpaired) electrons. The highest BCUT2D eigenvalue weighted by molar-refractivity contribution is 5.88. The number of carbonyl (C=O) groups is 2. The molecule has 2 saturated heterocycles. The van der Waals surface area contributed by atoms with Crippen molar-refractivity contribution in [3.05, 3.63) is 52.8 Å². The highest BCUT2D eigenvalue weighted by Crippen LogP contribution is 2.38. The zero-order valence-corrected chi connectivity index (χ0v) is 20.5. The van der Waals surface area contributed by atoms with E-state index in [1.54, 1.807) is 0 Å². The summed E-state index contributed by atoms with van der Waals surface area (Å²) in [6, 6.07) is 7.03. The number of morpholine rings is 1. The summed E-state index contributed by atoms with van der Waals surface area (Å²) in [5.41, 5.74) is 8.08. The Balaban J connectivity index is 1.24. The van der Waals surface area contributed by atoms with Crippen LogP contribution in [0.15, 0.2) is 30.6 Å². The lowest BCUT2D eigenvalue weighted by Crippen LogP contribution is -2.49. The Morgan fingerprint density at radius 3 is 2.92 bits per heavy atom. The maximum Gasteiger partial charge on any atom is 0.320 e. The fraction of sp³-hybridized carbons (Fsp3) is 0.464. The SMILES string of the molecule is Cc1c[nH]c2ncc(-c3cc4c(c([C@@H]5COCCN5)c3)CN(C(=O)N3C[C@H]5C[C@@H]3CC5=O)CC4)cc12. The maximum absolute atomic E-state index is 13.5. The Labute approximate surface area is 210 Å². The molecule has 3 atom stereocenters. The smallest absolute Gasteiger partial charge is 0.320 e. The number of amides is 2. The number of aryl methyl sites for hydroxylation is 1. The Kier molecular flexibility index (Phi) is 5.15. The number of nitrogens with zero attached hydrogens (tertiary/aromatic N) is 3. The summed E-state index contributed by atoms with van der Waals surface area (Å²) in [4.78, 5) is 37.3. The van der Waals surface area contributed by atoms with Gasteiger partial charge in [-0.15, -0.1) is 0 Å². The number of ether oxygens (including phenoxy) is 1. The summed E-state index contributed by atoms with van der Waals surface area (Å²) < 4.78 is 5.84. The number of hydrogen-bond donors (Lipinski definition) is 2. The van der Waals surface area contributed by atoms with Crippen LogP contribution in [0.3, 0.4) is 0 Å². The number of Topliss-reactive ketones (excluding diaryl/α,β-unsaturated/α-hetero) is 1. The van der Waals surface area contributed by atoms with Crippen molar-refractivity contribution in [1.29, 1.82) is 0 Å². The van der Waals surface area contributed by atoms with Gasteiger partial charge in [-0.3, -0.25) is 4.79 Å². The highest BCUT2D eigenvalue weighted by atomic mass is 16.5. The lowest BCUT2D eigenvalue weighted by atomic mass is 9.87. The minimum Gasteiger partial charge on any atom is -0.378 e. The van der Waals surface area contributed by atoms with Crippen LogP contribution in [-0.2, 0) is 22.5 Å². The normalized spacial score (nSPS) is 25.6. The lowest BCUT2D eigenvalue weighted by Gasteiger charge is -2.37. The molecule has 186 valence electrons. The monoisotopic (exact) mass is 485 g/mol. The first-order valence-corrected chi connectivity index (χ1v) is 13.0. The molecule has 0 spiro atoms. The Hall–Kier alpha value is -3.23. The summed E-state index contributed by atoms with van der Waals surface area (Å²) in [7, 11) is 0. The molecule has 2 aromatic heterocycles. The van der Waals surface area contributed by atoms with E-state index in [1.807, 2.05) is 22.2 Å². The predicted octanol–water partition coefficient (Wildman–Crippen LogP) is 3.34. The second kappa shape index (κ2) is 8.42. The summed E-state index contributed by atoms with van der Waals surface area (Å²) in [6.45, 7) is 6.12. The summed E-state index contributed by atoms with van der Waals surface area (Å²) in [5, 5.41) is 4.77. The number of piperidine rings is 1. The van der Waals surface area contributed by atoms with Gasteiger partial charge in [0.1, 0.15) is 11.4 Å². The molecule has 1 saturated carbocycles. The molecule has 2 N–H and O–H groups in total. The van der Waals surface area contributed by atoms with Crippen molar-refractivity contribution in [2.45, 2.75) is 44.8 Å². The minimum atomic E-state index is 0.0485. The van der Waals surface area contributed by atoms with Crippen molar-refractivity contribution < 1.29 is 14.3 Å². The van der Waals surface area contributed by atoms with Gasteiger partial charge >= 0.3 is 6.03 Å². The van der Waals surface area contributed by atoms with Crippen LogP contribution >= 0.6 is 0 Å². The van der Waals surface area contributed by atoms with Gasteiger partial charge < -0.3 is 24.8 Å². The van der Waals surface area contributed by atoms with Gasteiger partial charge in [0, 0.05) is 67.9 Å². The molecule has 5 heterocycles. The molecule has 36 heavy (non-hydrogen) atoms. The Bertz CT molecular complexity index is 1380. The number of aromatic nitrogens is 2. The largest absolute Gasteiger partial charge is 0.378 e. The minimum absolute atomic E-state index is 0.0485. The van der Waals surface area contributed by atoms with Crippen LogP contribution in [0.1, 0.15) is 41.1 Å². The van der Waals surface area contributed by atoms with E-state index in [0.29, 0.717) is 45.1 Å². The Morgan fingerprint density at radius 2 is 2.14 bits per heavy atom. The van der Waals surface area contributed by atoms with Gasteiger partial charge in [-0.1, -0.05) is 6.07 Å². The molecule has 4 aliphatic rings. The van der Waals surface area contributed by atoms with Gasteiger partial charge in [-0.05, 0) is 59.7 Å². The van der Waals surface area contributed by atoms with Crippen LogP contribution in [0.4, 0.5) is 4.79 Å². The van der Waals surface area contributed by atoms with E-state index < -0.39 is 0 Å². The number of fused-ring (bicyclic) bond motifs is 4. The topological polar surface area (TPSA) is 90.6 Å². The summed E-state index contributed by atoms with van der Waals surface area (Å²) in [5.74, 6) is 0.376. The molecule has 1 aliphatic carbocycles. The van der Waals surface area contributed by atoms with Crippen molar-refractivity contribution in [2.24, 2.45) is 5.92 Å². The zero-order chi connectivity index (χ0) is 24.4. The third-order valence-corrected chi connectivity index (χ3v) is 8.57. The van der Waals surface area contributed by atoms with Crippen LogP contribution in [0.25, 0.3) is 22.2 Å². The molecule has 1 aromatic carbocycles. The molecule has 3 fully saturated rings. The van der Waals surface area contributed by atoms with E-state index >= 15 is 0 Å². The van der Waals surface area contributed by atoms with Crippen molar-refractivity contribution >= 4 is 22.8 Å². The number of pyridine rings is 1. The summed E-state index contributed by atoms with van der Waals surface area (Å²) >= 11 is 0. The van der Waals surface area contributed by atoms with Crippen LogP contribution in [0.5, 0.6) is 0 Å². The molecule has 2 amide bonds. The van der Waals surface area contributed by atoms with E-state index in [9.17, 15) is 9.59 Å². The van der Waals surface area contributed by atoms with Crippen LogP contribution < -0.4 is 5.32 Å². The van der Waals surface area contributed by atoms with E-state index in [4.69, 9.17) is 4.74 Å². The van der Waals surface area contributed by atoms with Crippen molar-refractivity contribution in [3.63, 3.8) is 0 Å². The van der Waals surface area contributed by atoms with Crippen molar-refractivity contribution in [1.82, 2.24) is 25.1 Å². The molecule has 3 aliphatic heterocycles. The van der Waals surface area contributed by atoms with Gasteiger partial charge in [-0.25, -0.2) is 9.78 Å². The van der Waals surface area contributed by atoms with Gasteiger partial charge in [0.25, 0.3) is 0 Å². The average Bonchev–Trinajstić information content (AvgIpc) is 3.61. The van der Waals surface area contributed by atoms with E-state index in [2.05, 4.69) is 40.4 Å². The quantitative estimate of drug-likeness (QED) is 0.581. The van der Waals surface area contributed by atoms with E-state index in [0.717, 1.165) is 41.5 Å². The van der Waals surface area contributed by atoms with E-state index in [-0.39, 0.29) is 24.0 Å². The third-order valence-electron chi connectivity index (χ3n) is 8.57. The number of ketones is 1. The number of urea groups is 1. The first-order valence-electron chi connectivity index (χ1n) is 13.0. The zero-order valence-electron chi connectivity index (χ0n) is 20.5. The summed E-state index contributed by atoms with van der Waals surface area (Å²) in [6.07, 6.45) is 6.12. The third kappa shape index (κ3) is 3.54. The Morgan fingerprint density at radius 1 is 1.22 bits per heavy atom. The van der Waals surface area contributed by atoms with Crippen molar-refractivity contribution in [2.75, 3.05) is 32.8 Å². The van der Waals surface area contributed by atoms with Crippen LogP contribution in [-0.4, -0.2) is 70.5 Å². The lowest BCUT2D eigenvalue weighted by molar-refractivity contribution is -0.122. The predicted molar refractivity (Wildman–Crippen MR) is 136 cm³/mol. The highest BCUT2D eigenvalue weighted by Gasteiger charge is 2.47. The first-order chi connectivity index (χ1) is 17.5. The van der Waals surface area contributed by atoms with Gasteiger partial charge in [-0.2, -0.15) is 0 Å². The molecule has 2 bridgehead atoms. The number of benzene rings is 1. The maximum atomic E-state index is 13.5. The number of H-pyrrole nitrogens is 1. The average molecular weight is 486 g/mol. The second-order valence-electron chi connectivity index (χ2n) is 10.7. The molecule has 7 rings (SSSR count). The molecular weight excluding hydrogens is 454 g/mol. The molecule has 3 aromatic rings. The number of carbonyl (C=O) groups excluding carboxylic acids is 2.